The van der Waals surface area contributed by atoms with Crippen LogP contribution in [0, 0.1) is 17.6 Å². The lowest BCUT2D eigenvalue weighted by Gasteiger charge is -2.34. The smallest absolute Gasteiger partial charge is 0.275 e. The Labute approximate surface area is 198 Å². The molecule has 2 aromatic rings. The van der Waals surface area contributed by atoms with Crippen LogP contribution < -0.4 is 15.8 Å². The van der Waals surface area contributed by atoms with Crippen LogP contribution in [0.3, 0.4) is 0 Å². The minimum atomic E-state index is -1.11. The summed E-state index contributed by atoms with van der Waals surface area (Å²) < 4.78 is 45.2. The number of nitrogens with two attached hydrogens (primary N) is 1. The molecule has 3 atom stereocenters. The predicted octanol–water partition coefficient (Wildman–Crippen LogP) is 2.47. The molecule has 180 valence electrons. The molecule has 1 amide bonds. The summed E-state index contributed by atoms with van der Waals surface area (Å²) in [7, 11) is 1.59. The molecule has 3 aliphatic rings. The Morgan fingerprint density at radius 1 is 1.32 bits per heavy atom. The lowest BCUT2D eigenvalue weighted by atomic mass is 9.85. The van der Waals surface area contributed by atoms with Gasteiger partial charge in [-0.05, 0) is 19.4 Å². The predicted molar refractivity (Wildman–Crippen MR) is 121 cm³/mol. The second-order valence-corrected chi connectivity index (χ2v) is 10.2. The number of benzene rings is 1. The third-order valence-electron chi connectivity index (χ3n) is 6.33. The van der Waals surface area contributed by atoms with Gasteiger partial charge in [-0.25, -0.2) is 18.7 Å². The van der Waals surface area contributed by atoms with Gasteiger partial charge in [0.25, 0.3) is 5.91 Å². The molecule has 2 aliphatic heterocycles. The number of rotatable bonds is 7. The second kappa shape index (κ2) is 8.43. The fourth-order valence-corrected chi connectivity index (χ4v) is 5.95. The molecule has 0 unspecified atom stereocenters. The number of nitrogens with zero attached hydrogens (tertiary/aromatic N) is 3. The Balaban J connectivity index is 1.38. The molecule has 12 heteroatoms. The quantitative estimate of drug-likeness (QED) is 0.606. The zero-order valence-corrected chi connectivity index (χ0v) is 19.3. The van der Waals surface area contributed by atoms with Crippen LogP contribution in [-0.4, -0.2) is 58.8 Å². The van der Waals surface area contributed by atoms with Crippen molar-refractivity contribution in [2.45, 2.75) is 29.7 Å². The number of ether oxygens (including phenoxy) is 3. The van der Waals surface area contributed by atoms with Gasteiger partial charge >= 0.3 is 0 Å². The van der Waals surface area contributed by atoms with Crippen LogP contribution in [0.2, 0.25) is 0 Å². The zero-order valence-electron chi connectivity index (χ0n) is 18.5. The first-order valence-electron chi connectivity index (χ1n) is 10.6. The van der Waals surface area contributed by atoms with E-state index in [9.17, 15) is 9.18 Å². The lowest BCUT2D eigenvalue weighted by molar-refractivity contribution is -0.0814. The number of fused-ring (bicyclic) bond motifs is 1. The van der Waals surface area contributed by atoms with E-state index in [0.29, 0.717) is 26.2 Å². The summed E-state index contributed by atoms with van der Waals surface area (Å²) >= 11 is 1.40. The molecule has 3 heterocycles. The van der Waals surface area contributed by atoms with Gasteiger partial charge in [0.2, 0.25) is 5.88 Å². The van der Waals surface area contributed by atoms with Gasteiger partial charge in [-0.3, -0.25) is 9.79 Å². The van der Waals surface area contributed by atoms with Gasteiger partial charge < -0.3 is 25.3 Å². The molecule has 1 aliphatic carbocycles. The Kier molecular flexibility index (Phi) is 5.69. The van der Waals surface area contributed by atoms with Crippen molar-refractivity contribution in [1.29, 1.82) is 0 Å². The Hall–Kier alpha value is -2.83. The number of thioether (sulfide) groups is 1. The highest BCUT2D eigenvalue weighted by Gasteiger charge is 2.66. The largest absolute Gasteiger partial charge is 0.468 e. The molecule has 3 N–H and O–H groups in total. The van der Waals surface area contributed by atoms with Crippen LogP contribution in [0.1, 0.15) is 29.4 Å². The Morgan fingerprint density at radius 3 is 2.76 bits per heavy atom. The maximum absolute atomic E-state index is 15.0. The van der Waals surface area contributed by atoms with Crippen LogP contribution in [-0.2, 0) is 15.0 Å². The summed E-state index contributed by atoms with van der Waals surface area (Å²) in [6.07, 6.45) is 3.18. The fraction of sp³-hybridized carbons (Fsp3) is 0.455. The van der Waals surface area contributed by atoms with E-state index in [1.165, 1.54) is 30.2 Å². The van der Waals surface area contributed by atoms with Crippen molar-refractivity contribution in [3.8, 4) is 5.88 Å². The molecule has 1 saturated heterocycles. The van der Waals surface area contributed by atoms with Crippen molar-refractivity contribution < 1.29 is 27.8 Å². The number of anilines is 1. The van der Waals surface area contributed by atoms with Crippen molar-refractivity contribution in [3.63, 3.8) is 0 Å². The van der Waals surface area contributed by atoms with Crippen molar-refractivity contribution in [2.24, 2.45) is 16.6 Å². The molecule has 5 rings (SSSR count). The van der Waals surface area contributed by atoms with Crippen LogP contribution in [0.5, 0.6) is 5.88 Å². The van der Waals surface area contributed by atoms with Crippen molar-refractivity contribution in [2.75, 3.05) is 32.2 Å². The van der Waals surface area contributed by atoms with Crippen molar-refractivity contribution >= 4 is 28.5 Å². The number of methoxy groups -OCH3 is 1. The van der Waals surface area contributed by atoms with Gasteiger partial charge in [-0.15, -0.1) is 0 Å². The molecular weight excluding hydrogens is 468 g/mol. The summed E-state index contributed by atoms with van der Waals surface area (Å²) in [6, 6.07) is 2.31. The highest BCUT2D eigenvalue weighted by Crippen LogP contribution is 2.66. The third-order valence-corrected chi connectivity index (χ3v) is 7.61. The number of amidine groups is 1. The van der Waals surface area contributed by atoms with E-state index in [1.807, 2.05) is 0 Å². The van der Waals surface area contributed by atoms with Crippen molar-refractivity contribution in [1.82, 2.24) is 9.97 Å². The molecule has 1 saturated carbocycles. The first kappa shape index (κ1) is 22.9. The van der Waals surface area contributed by atoms with E-state index in [4.69, 9.17) is 19.9 Å². The summed E-state index contributed by atoms with van der Waals surface area (Å²) in [5.74, 6) is -2.59. The highest BCUT2D eigenvalue weighted by atomic mass is 32.2. The molecule has 0 bridgehead atoms. The second-order valence-electron chi connectivity index (χ2n) is 8.75. The monoisotopic (exact) mass is 491 g/mol. The first-order valence-corrected chi connectivity index (χ1v) is 11.5. The zero-order chi connectivity index (χ0) is 24.1. The first-order chi connectivity index (χ1) is 16.2. The molecule has 9 nitrogen and oxygen atoms in total. The summed E-state index contributed by atoms with van der Waals surface area (Å²) in [4.78, 5) is 25.3. The van der Waals surface area contributed by atoms with E-state index in [-0.39, 0.29) is 44.8 Å². The third kappa shape index (κ3) is 3.99. The van der Waals surface area contributed by atoms with Gasteiger partial charge in [0.05, 0.1) is 42.5 Å². The normalized spacial score (nSPS) is 27.9. The van der Waals surface area contributed by atoms with E-state index < -0.39 is 23.1 Å². The van der Waals surface area contributed by atoms with Gasteiger partial charge in [0.15, 0.2) is 16.8 Å². The SMILES string of the molecule is COC[C@]12C[C@H]1[C@@](C)(c1cc(NC(=O)c3cnc(OC4COC4)cn3)cc(F)c1F)N=C(N)S2. The summed E-state index contributed by atoms with van der Waals surface area (Å²) in [6.45, 7) is 3.09. The maximum atomic E-state index is 15.0. The summed E-state index contributed by atoms with van der Waals surface area (Å²) in [5, 5.41) is 2.85. The van der Waals surface area contributed by atoms with Gasteiger partial charge in [-0.2, -0.15) is 0 Å². The number of halogens is 2. The standard InChI is InChI=1S/C22H23F2N5O4S/c1-21(16-5-22(16,10-31-2)34-20(25)29-21)13-3-11(4-14(23)18(13)24)28-19(30)15-6-27-17(7-26-15)33-12-8-32-9-12/h3-4,6-7,12,16H,5,8-10H2,1-2H3,(H2,25,29)(H,28,30)/t16-,21+,22+/m0/s1. The molecule has 0 radical (unpaired) electrons. The number of carbonyl (C=O) groups is 1. The number of nitrogens with one attached hydrogen (secondary N) is 1. The number of aromatic nitrogens is 2. The van der Waals surface area contributed by atoms with Crippen molar-refractivity contribution in [3.05, 3.63) is 47.4 Å². The highest BCUT2D eigenvalue weighted by molar-refractivity contribution is 8.15. The number of hydrogen-bond acceptors (Lipinski definition) is 9. The lowest BCUT2D eigenvalue weighted by Crippen LogP contribution is -2.38. The minimum Gasteiger partial charge on any atom is -0.468 e. The number of hydrogen-bond donors (Lipinski definition) is 2. The Morgan fingerprint density at radius 2 is 2.12 bits per heavy atom. The van der Waals surface area contributed by atoms with Gasteiger partial charge in [0, 0.05) is 30.3 Å². The van der Waals surface area contributed by atoms with Crippen LogP contribution in [0.15, 0.2) is 29.5 Å². The molecule has 1 aromatic carbocycles. The van der Waals surface area contributed by atoms with E-state index >= 15 is 4.39 Å². The maximum Gasteiger partial charge on any atom is 0.275 e. The molecule has 2 fully saturated rings. The Bertz CT molecular complexity index is 1160. The fourth-order valence-electron chi connectivity index (χ4n) is 4.50. The molecule has 1 aromatic heterocycles. The van der Waals surface area contributed by atoms with Crippen LogP contribution in [0.25, 0.3) is 0 Å². The van der Waals surface area contributed by atoms with E-state index in [2.05, 4.69) is 20.3 Å². The van der Waals surface area contributed by atoms with E-state index in [0.717, 1.165) is 6.07 Å². The van der Waals surface area contributed by atoms with Crippen LogP contribution in [0.4, 0.5) is 14.5 Å². The number of amides is 1. The molecule has 0 spiro atoms. The minimum absolute atomic E-state index is 0.00709. The molecule has 34 heavy (non-hydrogen) atoms. The average molecular weight is 492 g/mol. The van der Waals surface area contributed by atoms with Gasteiger partial charge in [0.1, 0.15) is 11.8 Å². The molecular formula is C22H23F2N5O4S. The topological polar surface area (TPSA) is 121 Å². The number of aliphatic imine (C=N–C) groups is 1. The van der Waals surface area contributed by atoms with E-state index in [1.54, 1.807) is 14.0 Å². The van der Waals surface area contributed by atoms with Crippen LogP contribution >= 0.6 is 11.8 Å². The summed E-state index contributed by atoms with van der Waals surface area (Å²) in [5.41, 5.74) is 5.03. The average Bonchev–Trinajstić information content (AvgIpc) is 3.48. The van der Waals surface area contributed by atoms with Gasteiger partial charge in [-0.1, -0.05) is 11.8 Å². The number of carbonyl (C=O) groups excluding carboxylic acids is 1.